The Balaban J connectivity index is 1.92. The van der Waals surface area contributed by atoms with Gasteiger partial charge in [0, 0.05) is 37.7 Å². The molecule has 1 aromatic rings. The fourth-order valence-corrected chi connectivity index (χ4v) is 5.74. The van der Waals surface area contributed by atoms with Crippen LogP contribution in [0.4, 0.5) is 5.69 Å². The van der Waals surface area contributed by atoms with Crippen molar-refractivity contribution in [3.63, 3.8) is 0 Å². The molecule has 4 atom stereocenters. The van der Waals surface area contributed by atoms with Crippen molar-refractivity contribution < 1.29 is 30.0 Å². The van der Waals surface area contributed by atoms with E-state index in [0.29, 0.717) is 18.4 Å². The van der Waals surface area contributed by atoms with Gasteiger partial charge in [0.25, 0.3) is 0 Å². The quantitative estimate of drug-likeness (QED) is 0.462. The first-order valence-corrected chi connectivity index (χ1v) is 10.5. The number of Topliss-reactive ketones (excluding diaryl/α,β-unsaturated/α-hetero) is 1. The van der Waals surface area contributed by atoms with Crippen molar-refractivity contribution >= 4 is 23.1 Å². The Labute approximate surface area is 186 Å². The van der Waals surface area contributed by atoms with Crippen LogP contribution < -0.4 is 10.6 Å². The van der Waals surface area contributed by atoms with Crippen LogP contribution >= 0.6 is 0 Å². The molecule has 172 valence electrons. The van der Waals surface area contributed by atoms with Crippen molar-refractivity contribution in [2.24, 2.45) is 17.6 Å². The summed E-state index contributed by atoms with van der Waals surface area (Å²) in [5.41, 5.74) is 4.99. The molecule has 6 N–H and O–H groups in total. The van der Waals surface area contributed by atoms with Gasteiger partial charge in [-0.15, -0.1) is 0 Å². The van der Waals surface area contributed by atoms with Gasteiger partial charge in [-0.2, -0.15) is 0 Å². The van der Waals surface area contributed by atoms with Gasteiger partial charge in [-0.3, -0.25) is 14.5 Å². The number of hydrogen-bond acceptors (Lipinski definition) is 8. The summed E-state index contributed by atoms with van der Waals surface area (Å²) in [5.74, 6) is -3.48. The number of benzene rings is 1. The smallest absolute Gasteiger partial charge is 0.248 e. The van der Waals surface area contributed by atoms with Crippen LogP contribution in [0.2, 0.25) is 0 Å². The maximum absolute atomic E-state index is 13.7. The standard InChI is InChI=1S/C23H29N3O6/c1-25(2)14-5-6-15(27)17-11(14)7-10-8-13-18(26(3)4)19(28)12(22(24)31)9-23(13,32)21(30)16(10)20(17)29/h5-6,10,13,18,27-29,32H,7-9H2,1-4H3,(H2,24,31)/t10-,13-,18-,23-/m0/s1. The van der Waals surface area contributed by atoms with E-state index < -0.39 is 41.6 Å². The van der Waals surface area contributed by atoms with Crippen LogP contribution in [0.3, 0.4) is 0 Å². The summed E-state index contributed by atoms with van der Waals surface area (Å²) in [7, 11) is 7.09. The Morgan fingerprint density at radius 2 is 1.81 bits per heavy atom. The second-order valence-corrected chi connectivity index (χ2v) is 9.42. The Kier molecular flexibility index (Phi) is 5.02. The molecular weight excluding hydrogens is 414 g/mol. The molecule has 0 heterocycles. The lowest BCUT2D eigenvalue weighted by Crippen LogP contribution is -2.62. The van der Waals surface area contributed by atoms with Crippen molar-refractivity contribution in [3.05, 3.63) is 40.2 Å². The zero-order valence-corrected chi connectivity index (χ0v) is 18.6. The second-order valence-electron chi connectivity index (χ2n) is 9.42. The lowest BCUT2D eigenvalue weighted by Gasteiger charge is -2.51. The molecule has 0 bridgehead atoms. The molecular formula is C23H29N3O6. The Bertz CT molecular complexity index is 1090. The largest absolute Gasteiger partial charge is 0.510 e. The predicted octanol–water partition coefficient (Wildman–Crippen LogP) is 0.851. The van der Waals surface area contributed by atoms with Crippen LogP contribution in [0.1, 0.15) is 24.0 Å². The third kappa shape index (κ3) is 2.91. The number of aliphatic hydroxyl groups is 3. The molecule has 3 aliphatic carbocycles. The van der Waals surface area contributed by atoms with Gasteiger partial charge in [0.2, 0.25) is 5.91 Å². The minimum atomic E-state index is -2.02. The molecule has 0 aromatic heterocycles. The molecule has 0 radical (unpaired) electrons. The van der Waals surface area contributed by atoms with Crippen LogP contribution in [0, 0.1) is 11.8 Å². The van der Waals surface area contributed by atoms with Gasteiger partial charge in [-0.25, -0.2) is 0 Å². The fraction of sp³-hybridized carbons (Fsp3) is 0.478. The van der Waals surface area contributed by atoms with E-state index in [2.05, 4.69) is 0 Å². The van der Waals surface area contributed by atoms with Crippen LogP contribution in [0.25, 0.3) is 5.76 Å². The molecule has 9 nitrogen and oxygen atoms in total. The maximum atomic E-state index is 13.7. The number of ketones is 1. The summed E-state index contributed by atoms with van der Waals surface area (Å²) in [4.78, 5) is 29.2. The van der Waals surface area contributed by atoms with E-state index in [4.69, 9.17) is 5.73 Å². The average Bonchev–Trinajstić information content (AvgIpc) is 2.68. The maximum Gasteiger partial charge on any atom is 0.248 e. The Hall–Kier alpha value is -3.04. The molecule has 0 saturated heterocycles. The molecule has 0 unspecified atom stereocenters. The molecule has 1 amide bonds. The van der Waals surface area contributed by atoms with Crippen LogP contribution in [0.15, 0.2) is 29.0 Å². The van der Waals surface area contributed by atoms with Crippen molar-refractivity contribution in [3.8, 4) is 5.75 Å². The van der Waals surface area contributed by atoms with Crippen molar-refractivity contribution in [2.45, 2.75) is 30.9 Å². The number of rotatable bonds is 3. The number of amides is 1. The van der Waals surface area contributed by atoms with Crippen LogP contribution in [-0.2, 0) is 16.0 Å². The van der Waals surface area contributed by atoms with Crippen molar-refractivity contribution in [2.75, 3.05) is 33.1 Å². The number of anilines is 1. The normalized spacial score (nSPS) is 29.6. The highest BCUT2D eigenvalue weighted by atomic mass is 16.3. The molecule has 3 aliphatic rings. The summed E-state index contributed by atoms with van der Waals surface area (Å²) in [5, 5.41) is 44.0. The number of aromatic hydroxyl groups is 1. The first-order chi connectivity index (χ1) is 14.9. The third-order valence-corrected chi connectivity index (χ3v) is 7.16. The first kappa shape index (κ1) is 22.2. The highest BCUT2D eigenvalue weighted by Crippen LogP contribution is 2.53. The number of primary amides is 1. The summed E-state index contributed by atoms with van der Waals surface area (Å²) >= 11 is 0. The van der Waals surface area contributed by atoms with Gasteiger partial charge in [0.05, 0.1) is 17.2 Å². The fourth-order valence-electron chi connectivity index (χ4n) is 5.74. The molecule has 0 aliphatic heterocycles. The SMILES string of the molecule is CN(C)c1ccc(O)c2c1C[C@H]1C[C@H]3[C@H](N(C)C)C(O)=C(C(N)=O)C[C@@]3(O)C(=O)C1=C2O. The molecule has 1 aromatic carbocycles. The zero-order valence-electron chi connectivity index (χ0n) is 18.6. The zero-order chi connectivity index (χ0) is 23.7. The molecule has 4 rings (SSSR count). The topological polar surface area (TPSA) is 148 Å². The molecule has 32 heavy (non-hydrogen) atoms. The number of aliphatic hydroxyl groups excluding tert-OH is 2. The number of phenolic OH excluding ortho intramolecular Hbond substituents is 1. The van der Waals surface area contributed by atoms with E-state index in [0.717, 1.165) is 5.69 Å². The number of nitrogens with zero attached hydrogens (tertiary/aromatic N) is 2. The van der Waals surface area contributed by atoms with E-state index in [-0.39, 0.29) is 34.0 Å². The van der Waals surface area contributed by atoms with Gasteiger partial charge in [0.1, 0.15) is 22.9 Å². The summed E-state index contributed by atoms with van der Waals surface area (Å²) < 4.78 is 0. The molecule has 1 fully saturated rings. The van der Waals surface area contributed by atoms with Gasteiger partial charge >= 0.3 is 0 Å². The summed E-state index contributed by atoms with van der Waals surface area (Å²) in [6.45, 7) is 0. The molecule has 0 spiro atoms. The highest BCUT2D eigenvalue weighted by Gasteiger charge is 2.60. The summed E-state index contributed by atoms with van der Waals surface area (Å²) in [6, 6.07) is 2.43. The van der Waals surface area contributed by atoms with Crippen LogP contribution in [0.5, 0.6) is 5.75 Å². The van der Waals surface area contributed by atoms with Crippen LogP contribution in [-0.4, -0.2) is 76.9 Å². The minimum Gasteiger partial charge on any atom is -0.510 e. The average molecular weight is 444 g/mol. The van der Waals surface area contributed by atoms with Gasteiger partial charge < -0.3 is 31.1 Å². The van der Waals surface area contributed by atoms with E-state index in [9.17, 15) is 30.0 Å². The molecule has 1 saturated carbocycles. The van der Waals surface area contributed by atoms with E-state index >= 15 is 0 Å². The van der Waals surface area contributed by atoms with E-state index in [1.54, 1.807) is 25.1 Å². The van der Waals surface area contributed by atoms with E-state index in [1.807, 2.05) is 19.0 Å². The number of hydrogen-bond donors (Lipinski definition) is 5. The Morgan fingerprint density at radius 3 is 2.38 bits per heavy atom. The third-order valence-electron chi connectivity index (χ3n) is 7.16. The first-order valence-electron chi connectivity index (χ1n) is 10.5. The number of fused-ring (bicyclic) bond motifs is 3. The van der Waals surface area contributed by atoms with Crippen molar-refractivity contribution in [1.82, 2.24) is 4.90 Å². The number of likely N-dealkylation sites (N-methyl/N-ethyl adjacent to an activating group) is 1. The lowest BCUT2D eigenvalue weighted by molar-refractivity contribution is -0.151. The van der Waals surface area contributed by atoms with E-state index in [1.165, 1.54) is 6.07 Å². The second kappa shape index (κ2) is 7.25. The minimum absolute atomic E-state index is 0.0465. The highest BCUT2D eigenvalue weighted by molar-refractivity contribution is 6.10. The lowest BCUT2D eigenvalue weighted by atomic mass is 9.57. The number of nitrogens with two attached hydrogens (primary N) is 1. The van der Waals surface area contributed by atoms with Gasteiger partial charge in [-0.1, -0.05) is 0 Å². The number of carbonyl (C=O) groups excluding carboxylic acids is 2. The van der Waals surface area contributed by atoms with Crippen molar-refractivity contribution in [1.29, 1.82) is 0 Å². The predicted molar refractivity (Wildman–Crippen MR) is 118 cm³/mol. The Morgan fingerprint density at radius 1 is 1.16 bits per heavy atom. The summed E-state index contributed by atoms with van der Waals surface area (Å²) in [6.07, 6.45) is 0.243. The number of carbonyl (C=O) groups is 2. The van der Waals surface area contributed by atoms with Gasteiger partial charge in [-0.05, 0) is 50.6 Å². The number of phenols is 1. The molecule has 9 heteroatoms. The van der Waals surface area contributed by atoms with Gasteiger partial charge in [0.15, 0.2) is 5.78 Å². The monoisotopic (exact) mass is 443 g/mol.